The van der Waals surface area contributed by atoms with Crippen LogP contribution in [0.3, 0.4) is 0 Å². The monoisotopic (exact) mass is 449 g/mol. The molecule has 1 amide bonds. The molecule has 6 nitrogen and oxygen atoms in total. The number of benzene rings is 1. The molecular formula is C27H35N3O3. The summed E-state index contributed by atoms with van der Waals surface area (Å²) in [6, 6.07) is 10.4. The largest absolute Gasteiger partial charge is 0.493 e. The molecule has 4 rings (SSSR count). The lowest BCUT2D eigenvalue weighted by atomic mass is 10.0. The number of carbonyl (C=O) groups is 1. The van der Waals surface area contributed by atoms with E-state index < -0.39 is 0 Å². The van der Waals surface area contributed by atoms with Gasteiger partial charge in [0.1, 0.15) is 17.6 Å². The number of likely N-dealkylation sites (N-methyl/N-ethyl adjacent to an activating group) is 1. The summed E-state index contributed by atoms with van der Waals surface area (Å²) < 4.78 is 11.7. The Morgan fingerprint density at radius 2 is 2.12 bits per heavy atom. The van der Waals surface area contributed by atoms with Crippen LogP contribution < -0.4 is 9.47 Å². The molecule has 2 aromatic rings. The highest BCUT2D eigenvalue weighted by Crippen LogP contribution is 2.35. The molecule has 0 radical (unpaired) electrons. The molecule has 1 aromatic heterocycles. The van der Waals surface area contributed by atoms with E-state index in [4.69, 9.17) is 9.47 Å². The zero-order chi connectivity index (χ0) is 23.2. The summed E-state index contributed by atoms with van der Waals surface area (Å²) >= 11 is 0. The maximum absolute atomic E-state index is 12.9. The second-order valence-electron chi connectivity index (χ2n) is 8.99. The van der Waals surface area contributed by atoms with Gasteiger partial charge in [-0.05, 0) is 57.0 Å². The molecule has 33 heavy (non-hydrogen) atoms. The van der Waals surface area contributed by atoms with Crippen molar-refractivity contribution in [1.29, 1.82) is 0 Å². The molecule has 1 aromatic carbocycles. The summed E-state index contributed by atoms with van der Waals surface area (Å²) in [5.74, 6) is 1.73. The fraction of sp³-hybridized carbons (Fsp3) is 0.481. The standard InChI is InChI=1S/C27H35N3O3/c1-4-32-25-19-22-17-20(2)33-26(22)18-21(25)8-9-27(31)29(3)24-11-15-30(16-12-24)14-10-23-7-5-6-13-28-23/h5-9,13,18-20,24H,4,10-12,14-17H2,1-3H3/b9-8+. The minimum Gasteiger partial charge on any atom is -0.493 e. The Morgan fingerprint density at radius 3 is 2.85 bits per heavy atom. The van der Waals surface area contributed by atoms with Crippen molar-refractivity contribution in [2.75, 3.05) is 33.3 Å². The minimum absolute atomic E-state index is 0.0270. The van der Waals surface area contributed by atoms with Gasteiger partial charge in [0.15, 0.2) is 0 Å². The maximum atomic E-state index is 12.9. The van der Waals surface area contributed by atoms with Crippen LogP contribution in [0.25, 0.3) is 6.08 Å². The first kappa shape index (κ1) is 23.3. The van der Waals surface area contributed by atoms with E-state index in [1.807, 2.05) is 49.3 Å². The van der Waals surface area contributed by atoms with Gasteiger partial charge in [0.05, 0.1) is 6.61 Å². The lowest BCUT2D eigenvalue weighted by Gasteiger charge is -2.36. The minimum atomic E-state index is 0.0270. The number of likely N-dealkylation sites (tertiary alicyclic amines) is 1. The van der Waals surface area contributed by atoms with Gasteiger partial charge in [-0.2, -0.15) is 0 Å². The summed E-state index contributed by atoms with van der Waals surface area (Å²) in [7, 11) is 1.91. The number of hydrogen-bond acceptors (Lipinski definition) is 5. The fourth-order valence-electron chi connectivity index (χ4n) is 4.67. The Kier molecular flexibility index (Phi) is 7.65. The van der Waals surface area contributed by atoms with Crippen molar-refractivity contribution in [2.45, 2.75) is 51.7 Å². The van der Waals surface area contributed by atoms with Crippen LogP contribution in [0, 0.1) is 0 Å². The zero-order valence-electron chi connectivity index (χ0n) is 20.0. The third kappa shape index (κ3) is 5.93. The van der Waals surface area contributed by atoms with Crippen molar-refractivity contribution in [2.24, 2.45) is 0 Å². The molecule has 0 saturated carbocycles. The molecule has 1 atom stereocenters. The molecule has 3 heterocycles. The van der Waals surface area contributed by atoms with Crippen LogP contribution in [0.15, 0.2) is 42.6 Å². The molecule has 2 aliphatic rings. The number of aromatic nitrogens is 1. The highest BCUT2D eigenvalue weighted by atomic mass is 16.5. The maximum Gasteiger partial charge on any atom is 0.246 e. The van der Waals surface area contributed by atoms with Crippen LogP contribution in [0.1, 0.15) is 43.5 Å². The predicted molar refractivity (Wildman–Crippen MR) is 131 cm³/mol. The third-order valence-electron chi connectivity index (χ3n) is 6.60. The third-order valence-corrected chi connectivity index (χ3v) is 6.60. The first-order valence-electron chi connectivity index (χ1n) is 12.1. The van der Waals surface area contributed by atoms with Gasteiger partial charge in [-0.25, -0.2) is 0 Å². The average molecular weight is 450 g/mol. The van der Waals surface area contributed by atoms with E-state index in [-0.39, 0.29) is 18.1 Å². The van der Waals surface area contributed by atoms with Gasteiger partial charge < -0.3 is 19.3 Å². The highest BCUT2D eigenvalue weighted by molar-refractivity contribution is 5.92. The summed E-state index contributed by atoms with van der Waals surface area (Å²) in [6.07, 6.45) is 9.39. The lowest BCUT2D eigenvalue weighted by molar-refractivity contribution is -0.127. The molecule has 0 spiro atoms. The summed E-state index contributed by atoms with van der Waals surface area (Å²) in [6.45, 7) is 7.66. The van der Waals surface area contributed by atoms with Gasteiger partial charge in [-0.15, -0.1) is 0 Å². The summed E-state index contributed by atoms with van der Waals surface area (Å²) in [4.78, 5) is 21.7. The number of pyridine rings is 1. The Labute approximate surface area is 197 Å². The van der Waals surface area contributed by atoms with Gasteiger partial charge in [-0.3, -0.25) is 9.78 Å². The number of hydrogen-bond donors (Lipinski definition) is 0. The number of piperidine rings is 1. The number of amides is 1. The van der Waals surface area contributed by atoms with Crippen molar-refractivity contribution >= 4 is 12.0 Å². The van der Waals surface area contributed by atoms with E-state index in [1.54, 1.807) is 6.08 Å². The van der Waals surface area contributed by atoms with Crippen molar-refractivity contribution in [3.8, 4) is 11.5 Å². The van der Waals surface area contributed by atoms with Crippen molar-refractivity contribution in [3.05, 3.63) is 59.4 Å². The van der Waals surface area contributed by atoms with Gasteiger partial charge in [-0.1, -0.05) is 6.07 Å². The van der Waals surface area contributed by atoms with Crippen LogP contribution in [0.4, 0.5) is 0 Å². The van der Waals surface area contributed by atoms with Crippen LogP contribution in [0.2, 0.25) is 0 Å². The summed E-state index contributed by atoms with van der Waals surface area (Å²) in [5, 5.41) is 0. The average Bonchev–Trinajstić information content (AvgIpc) is 3.20. The number of rotatable bonds is 8. The second kappa shape index (κ2) is 10.8. The Balaban J connectivity index is 1.31. The molecule has 0 N–H and O–H groups in total. The predicted octanol–water partition coefficient (Wildman–Crippen LogP) is 3.98. The lowest BCUT2D eigenvalue weighted by Crippen LogP contribution is -2.45. The topological polar surface area (TPSA) is 54.9 Å². The zero-order valence-corrected chi connectivity index (χ0v) is 20.0. The molecule has 6 heteroatoms. The molecule has 1 fully saturated rings. The van der Waals surface area contributed by atoms with E-state index in [1.165, 1.54) is 5.56 Å². The molecule has 1 saturated heterocycles. The summed E-state index contributed by atoms with van der Waals surface area (Å²) in [5.41, 5.74) is 3.19. The van der Waals surface area contributed by atoms with E-state index in [0.29, 0.717) is 6.61 Å². The molecule has 0 bridgehead atoms. The van der Waals surface area contributed by atoms with Gasteiger partial charge in [0.2, 0.25) is 5.91 Å². The quantitative estimate of drug-likeness (QED) is 0.571. The van der Waals surface area contributed by atoms with Gasteiger partial charge >= 0.3 is 0 Å². The Morgan fingerprint density at radius 1 is 1.30 bits per heavy atom. The Bertz CT molecular complexity index is 968. The first-order valence-corrected chi connectivity index (χ1v) is 12.1. The van der Waals surface area contributed by atoms with Crippen LogP contribution >= 0.6 is 0 Å². The molecule has 1 unspecified atom stereocenters. The highest BCUT2D eigenvalue weighted by Gasteiger charge is 2.25. The normalized spacial score (nSPS) is 18.8. The molecular weight excluding hydrogens is 414 g/mol. The number of nitrogens with zero attached hydrogens (tertiary/aromatic N) is 3. The first-order chi connectivity index (χ1) is 16.0. The van der Waals surface area contributed by atoms with Gasteiger partial charge in [0, 0.05) is 74.7 Å². The van der Waals surface area contributed by atoms with Crippen LogP contribution in [-0.4, -0.2) is 66.1 Å². The van der Waals surface area contributed by atoms with E-state index >= 15 is 0 Å². The van der Waals surface area contributed by atoms with Crippen molar-refractivity contribution in [1.82, 2.24) is 14.8 Å². The Hall–Kier alpha value is -2.86. The van der Waals surface area contributed by atoms with Crippen molar-refractivity contribution < 1.29 is 14.3 Å². The van der Waals surface area contributed by atoms with Crippen LogP contribution in [0.5, 0.6) is 11.5 Å². The number of ether oxygens (including phenoxy) is 2. The molecule has 2 aliphatic heterocycles. The van der Waals surface area contributed by atoms with E-state index in [0.717, 1.165) is 68.1 Å². The van der Waals surface area contributed by atoms with Crippen molar-refractivity contribution in [3.63, 3.8) is 0 Å². The second-order valence-corrected chi connectivity index (χ2v) is 8.99. The number of fused-ring (bicyclic) bond motifs is 1. The van der Waals surface area contributed by atoms with E-state index in [2.05, 4.69) is 28.9 Å². The smallest absolute Gasteiger partial charge is 0.246 e. The van der Waals surface area contributed by atoms with E-state index in [9.17, 15) is 4.79 Å². The van der Waals surface area contributed by atoms with Crippen LogP contribution in [-0.2, 0) is 17.6 Å². The number of carbonyl (C=O) groups excluding carboxylic acids is 1. The molecule has 176 valence electrons. The fourth-order valence-corrected chi connectivity index (χ4v) is 4.67. The SMILES string of the molecule is CCOc1cc2c(cc1/C=C/C(=O)N(C)C1CCN(CCc3ccccn3)CC1)OC(C)C2. The van der Waals surface area contributed by atoms with Gasteiger partial charge in [0.25, 0.3) is 0 Å². The molecule has 0 aliphatic carbocycles.